The fraction of sp³-hybridized carbons (Fsp3) is 0.273. The van der Waals surface area contributed by atoms with E-state index in [0.717, 1.165) is 4.90 Å². The van der Waals surface area contributed by atoms with E-state index in [1.54, 1.807) is 0 Å². The minimum atomic E-state index is -0.604. The summed E-state index contributed by atoms with van der Waals surface area (Å²) < 4.78 is 4.58. The Bertz CT molecular complexity index is 342. The van der Waals surface area contributed by atoms with Crippen molar-refractivity contribution in [3.05, 3.63) is 30.3 Å². The number of nitrogens with one attached hydrogen (secondary N) is 1. The summed E-state index contributed by atoms with van der Waals surface area (Å²) in [4.78, 5) is 22.6. The number of carbonyl (C=O) groups excluding carboxylic acids is 2. The van der Waals surface area contributed by atoms with Crippen molar-refractivity contribution in [1.82, 2.24) is 5.32 Å². The van der Waals surface area contributed by atoms with Gasteiger partial charge in [-0.1, -0.05) is 18.2 Å². The zero-order valence-electron chi connectivity index (χ0n) is 8.88. The largest absolute Gasteiger partial charge is 0.467 e. The molecule has 0 saturated carbocycles. The minimum Gasteiger partial charge on any atom is -0.467 e. The molecule has 1 atom stereocenters. The Kier molecular flexibility index (Phi) is 5.42. The van der Waals surface area contributed by atoms with Crippen LogP contribution < -0.4 is 5.32 Å². The number of esters is 1. The monoisotopic (exact) mass is 239 g/mol. The molecule has 5 heteroatoms. The lowest BCUT2D eigenvalue weighted by atomic mass is 10.3. The minimum absolute atomic E-state index is 0.435. The van der Waals surface area contributed by atoms with Crippen molar-refractivity contribution in [3.63, 3.8) is 0 Å². The van der Waals surface area contributed by atoms with Crippen LogP contribution in [-0.2, 0) is 14.3 Å². The van der Waals surface area contributed by atoms with Gasteiger partial charge < -0.3 is 10.1 Å². The van der Waals surface area contributed by atoms with Gasteiger partial charge in [0.1, 0.15) is 6.04 Å². The van der Waals surface area contributed by atoms with Gasteiger partial charge in [0.2, 0.25) is 6.41 Å². The molecule has 1 aromatic carbocycles. The van der Waals surface area contributed by atoms with Crippen LogP contribution in [0.5, 0.6) is 0 Å². The Balaban J connectivity index is 2.50. The molecule has 0 aliphatic rings. The molecule has 0 aromatic heterocycles. The number of carbonyl (C=O) groups is 2. The highest BCUT2D eigenvalue weighted by molar-refractivity contribution is 7.99. The van der Waals surface area contributed by atoms with Crippen LogP contribution in [0.4, 0.5) is 0 Å². The third-order valence-electron chi connectivity index (χ3n) is 1.91. The molecule has 0 heterocycles. The fourth-order valence-corrected chi connectivity index (χ4v) is 2.05. The maximum atomic E-state index is 11.3. The van der Waals surface area contributed by atoms with E-state index in [9.17, 15) is 9.59 Å². The molecule has 16 heavy (non-hydrogen) atoms. The van der Waals surface area contributed by atoms with Crippen molar-refractivity contribution in [2.75, 3.05) is 12.9 Å². The van der Waals surface area contributed by atoms with Gasteiger partial charge in [-0.25, -0.2) is 4.79 Å². The summed E-state index contributed by atoms with van der Waals surface area (Å²) in [6.45, 7) is 0. The second-order valence-electron chi connectivity index (χ2n) is 2.98. The van der Waals surface area contributed by atoms with Crippen molar-refractivity contribution in [1.29, 1.82) is 0 Å². The number of hydrogen-bond donors (Lipinski definition) is 1. The first-order valence-corrected chi connectivity index (χ1v) is 5.72. The number of hydrogen-bond acceptors (Lipinski definition) is 4. The van der Waals surface area contributed by atoms with Crippen LogP contribution in [0.15, 0.2) is 35.2 Å². The zero-order valence-corrected chi connectivity index (χ0v) is 9.70. The van der Waals surface area contributed by atoms with Crippen molar-refractivity contribution in [3.8, 4) is 0 Å². The molecular formula is C11H13NO3S. The van der Waals surface area contributed by atoms with Crippen molar-refractivity contribution in [2.45, 2.75) is 10.9 Å². The van der Waals surface area contributed by atoms with E-state index in [4.69, 9.17) is 0 Å². The maximum Gasteiger partial charge on any atom is 0.329 e. The van der Waals surface area contributed by atoms with Gasteiger partial charge in [-0.2, -0.15) is 0 Å². The third kappa shape index (κ3) is 3.94. The maximum absolute atomic E-state index is 11.3. The molecule has 0 bridgehead atoms. The van der Waals surface area contributed by atoms with E-state index in [0.29, 0.717) is 12.2 Å². The van der Waals surface area contributed by atoms with Crippen LogP contribution in [0.3, 0.4) is 0 Å². The highest BCUT2D eigenvalue weighted by atomic mass is 32.2. The first-order chi connectivity index (χ1) is 7.77. The Morgan fingerprint density at radius 1 is 1.50 bits per heavy atom. The summed E-state index contributed by atoms with van der Waals surface area (Å²) in [5, 5.41) is 2.43. The average Bonchev–Trinajstić information content (AvgIpc) is 2.34. The van der Waals surface area contributed by atoms with Gasteiger partial charge in [0, 0.05) is 10.6 Å². The van der Waals surface area contributed by atoms with Crippen LogP contribution in [0.1, 0.15) is 0 Å². The molecule has 0 unspecified atom stereocenters. The summed E-state index contributed by atoms with van der Waals surface area (Å²) in [7, 11) is 1.30. The van der Waals surface area contributed by atoms with Gasteiger partial charge in [0.15, 0.2) is 0 Å². The zero-order chi connectivity index (χ0) is 11.8. The molecule has 0 radical (unpaired) electrons. The van der Waals surface area contributed by atoms with Gasteiger partial charge in [0.05, 0.1) is 7.11 Å². The molecule has 1 amide bonds. The van der Waals surface area contributed by atoms with Crippen LogP contribution in [0.25, 0.3) is 0 Å². The number of rotatable bonds is 6. The topological polar surface area (TPSA) is 55.4 Å². The SMILES string of the molecule is COC(=O)[C@H](CSc1ccccc1)NC=O. The first-order valence-electron chi connectivity index (χ1n) is 4.73. The van der Waals surface area contributed by atoms with Gasteiger partial charge >= 0.3 is 5.97 Å². The molecule has 4 nitrogen and oxygen atoms in total. The number of methoxy groups -OCH3 is 1. The molecule has 0 aliphatic heterocycles. The predicted molar refractivity (Wildman–Crippen MR) is 62.2 cm³/mol. The molecule has 1 rings (SSSR count). The summed E-state index contributed by atoms with van der Waals surface area (Å²) in [6, 6.07) is 9.05. The smallest absolute Gasteiger partial charge is 0.329 e. The van der Waals surface area contributed by atoms with Crippen molar-refractivity contribution < 1.29 is 14.3 Å². The molecule has 0 spiro atoms. The van der Waals surface area contributed by atoms with E-state index in [1.807, 2.05) is 30.3 Å². The highest BCUT2D eigenvalue weighted by Gasteiger charge is 2.17. The fourth-order valence-electron chi connectivity index (χ4n) is 1.10. The second kappa shape index (κ2) is 6.90. The average molecular weight is 239 g/mol. The Morgan fingerprint density at radius 3 is 2.75 bits per heavy atom. The first kappa shape index (κ1) is 12.6. The van der Waals surface area contributed by atoms with E-state index < -0.39 is 12.0 Å². The number of ether oxygens (including phenoxy) is 1. The normalized spacial score (nSPS) is 11.6. The number of amides is 1. The molecule has 1 aromatic rings. The van der Waals surface area contributed by atoms with E-state index in [-0.39, 0.29) is 0 Å². The molecular weight excluding hydrogens is 226 g/mol. The molecule has 86 valence electrons. The quantitative estimate of drug-likeness (QED) is 0.458. The van der Waals surface area contributed by atoms with Gasteiger partial charge in [0.25, 0.3) is 0 Å². The Labute approximate surface area is 98.4 Å². The van der Waals surface area contributed by atoms with E-state index in [1.165, 1.54) is 18.9 Å². The van der Waals surface area contributed by atoms with Gasteiger partial charge in [-0.05, 0) is 12.1 Å². The molecule has 0 saturated heterocycles. The standard InChI is InChI=1S/C11H13NO3S/c1-15-11(14)10(12-8-13)7-16-9-5-3-2-4-6-9/h2-6,8,10H,7H2,1H3,(H,12,13)/t10-/m0/s1. The van der Waals surface area contributed by atoms with E-state index >= 15 is 0 Å². The second-order valence-corrected chi connectivity index (χ2v) is 4.08. The lowest BCUT2D eigenvalue weighted by Gasteiger charge is -2.12. The van der Waals surface area contributed by atoms with Gasteiger partial charge in [-0.3, -0.25) is 4.79 Å². The molecule has 1 N–H and O–H groups in total. The van der Waals surface area contributed by atoms with Crippen LogP contribution >= 0.6 is 11.8 Å². The van der Waals surface area contributed by atoms with Crippen LogP contribution in [0, 0.1) is 0 Å². The number of thioether (sulfide) groups is 1. The van der Waals surface area contributed by atoms with Crippen molar-refractivity contribution >= 4 is 24.1 Å². The molecule has 0 fully saturated rings. The summed E-state index contributed by atoms with van der Waals surface area (Å²) in [5.41, 5.74) is 0. The van der Waals surface area contributed by atoms with E-state index in [2.05, 4.69) is 10.1 Å². The van der Waals surface area contributed by atoms with Crippen LogP contribution in [-0.4, -0.2) is 31.3 Å². The third-order valence-corrected chi connectivity index (χ3v) is 3.02. The Hall–Kier alpha value is -1.49. The van der Waals surface area contributed by atoms with Crippen molar-refractivity contribution in [2.24, 2.45) is 0 Å². The van der Waals surface area contributed by atoms with Crippen LogP contribution in [0.2, 0.25) is 0 Å². The lowest BCUT2D eigenvalue weighted by Crippen LogP contribution is -2.38. The predicted octanol–water partition coefficient (Wildman–Crippen LogP) is 1.07. The lowest BCUT2D eigenvalue weighted by molar-refractivity contribution is -0.143. The summed E-state index contributed by atoms with van der Waals surface area (Å²) >= 11 is 1.49. The Morgan fingerprint density at radius 2 is 2.19 bits per heavy atom. The highest BCUT2D eigenvalue weighted by Crippen LogP contribution is 2.17. The molecule has 0 aliphatic carbocycles. The summed E-state index contributed by atoms with van der Waals surface area (Å²) in [5.74, 6) is 0.0191. The number of benzene rings is 1. The summed E-state index contributed by atoms with van der Waals surface area (Å²) in [6.07, 6.45) is 0.507. The van der Waals surface area contributed by atoms with Gasteiger partial charge in [-0.15, -0.1) is 11.8 Å².